The van der Waals surface area contributed by atoms with Crippen LogP contribution in [0.4, 0.5) is 0 Å². The maximum absolute atomic E-state index is 6.25. The molecule has 4 aromatic rings. The van der Waals surface area contributed by atoms with Gasteiger partial charge in [0.15, 0.2) is 11.5 Å². The summed E-state index contributed by atoms with van der Waals surface area (Å²) in [5.41, 5.74) is 3.29. The second kappa shape index (κ2) is 4.85. The largest absolute Gasteiger partial charge is 0.439 e. The van der Waals surface area contributed by atoms with Crippen LogP contribution in [0.25, 0.3) is 33.9 Å². The minimum Gasteiger partial charge on any atom is -0.439 e. The molecule has 3 heterocycles. The van der Waals surface area contributed by atoms with E-state index in [9.17, 15) is 0 Å². The number of tetrazole rings is 1. The summed E-state index contributed by atoms with van der Waals surface area (Å²) in [5.74, 6) is 0.956. The minimum absolute atomic E-state index is 0.396. The highest BCUT2D eigenvalue weighted by Gasteiger charge is 2.12. The van der Waals surface area contributed by atoms with Gasteiger partial charge in [-0.3, -0.25) is 0 Å². The Morgan fingerprint density at radius 3 is 2.82 bits per heavy atom. The maximum Gasteiger partial charge on any atom is 0.223 e. The van der Waals surface area contributed by atoms with Gasteiger partial charge in [-0.2, -0.15) is 5.21 Å². The van der Waals surface area contributed by atoms with Gasteiger partial charge in [-0.05, 0) is 23.4 Å². The van der Waals surface area contributed by atoms with E-state index in [1.165, 1.54) is 6.33 Å². The number of fused-ring (bicyclic) bond motifs is 1. The van der Waals surface area contributed by atoms with Crippen LogP contribution in [-0.4, -0.2) is 35.6 Å². The summed E-state index contributed by atoms with van der Waals surface area (Å²) in [7, 11) is 0. The number of oxazole rings is 1. The van der Waals surface area contributed by atoms with Gasteiger partial charge >= 0.3 is 0 Å². The van der Waals surface area contributed by atoms with Gasteiger partial charge in [-0.1, -0.05) is 11.6 Å². The number of aryl methyl sites for hydroxylation is 1. The third-order valence-electron chi connectivity index (χ3n) is 3.09. The molecule has 1 N–H and O–H groups in total. The van der Waals surface area contributed by atoms with Gasteiger partial charge in [0.05, 0.1) is 10.7 Å². The lowest BCUT2D eigenvalue weighted by atomic mass is 10.1. The number of nitrogens with one attached hydrogen (secondary N) is 1. The zero-order chi connectivity index (χ0) is 15.1. The normalized spacial score (nSPS) is 11.2. The molecule has 0 radical (unpaired) electrons. The van der Waals surface area contributed by atoms with E-state index < -0.39 is 0 Å². The van der Waals surface area contributed by atoms with Crippen LogP contribution in [-0.2, 0) is 0 Å². The molecule has 0 amide bonds. The fraction of sp³-hybridized carbons (Fsp3) is 0.0769. The van der Waals surface area contributed by atoms with E-state index in [4.69, 9.17) is 16.0 Å². The first-order chi connectivity index (χ1) is 10.7. The molecule has 0 aliphatic heterocycles. The molecule has 1 aromatic carbocycles. The molecule has 3 aromatic heterocycles. The zero-order valence-corrected chi connectivity index (χ0v) is 12.0. The van der Waals surface area contributed by atoms with Crippen LogP contribution in [0.2, 0.25) is 5.02 Å². The predicted molar refractivity (Wildman–Crippen MR) is 78.0 cm³/mol. The molecule has 0 fully saturated rings. The minimum atomic E-state index is 0.396. The second-order valence-corrected chi connectivity index (χ2v) is 4.97. The molecule has 22 heavy (non-hydrogen) atoms. The van der Waals surface area contributed by atoms with E-state index in [2.05, 4.69) is 35.6 Å². The zero-order valence-electron chi connectivity index (χ0n) is 11.3. The van der Waals surface area contributed by atoms with Gasteiger partial charge < -0.3 is 4.42 Å². The number of aromatic nitrogens is 7. The van der Waals surface area contributed by atoms with Crippen molar-refractivity contribution in [3.05, 3.63) is 35.4 Å². The molecule has 0 aliphatic rings. The highest BCUT2D eigenvalue weighted by Crippen LogP contribution is 2.31. The van der Waals surface area contributed by atoms with Crippen LogP contribution in [0.15, 0.2) is 28.9 Å². The third-order valence-corrected chi connectivity index (χ3v) is 3.37. The van der Waals surface area contributed by atoms with Crippen molar-refractivity contribution < 1.29 is 4.42 Å². The van der Waals surface area contributed by atoms with Crippen molar-refractivity contribution in [2.24, 2.45) is 0 Å². The van der Waals surface area contributed by atoms with Gasteiger partial charge in [0.25, 0.3) is 0 Å². The summed E-state index contributed by atoms with van der Waals surface area (Å²) in [5, 5.41) is 14.2. The van der Waals surface area contributed by atoms with Crippen molar-refractivity contribution in [2.45, 2.75) is 6.92 Å². The molecule has 0 saturated heterocycles. The molecule has 0 bridgehead atoms. The summed E-state index contributed by atoms with van der Waals surface area (Å²) in [6, 6.07) is 5.40. The van der Waals surface area contributed by atoms with Crippen molar-refractivity contribution >= 4 is 22.7 Å². The molecular weight excluding hydrogens is 306 g/mol. The highest BCUT2D eigenvalue weighted by atomic mass is 35.5. The molecular formula is C13H8ClN7O. The lowest BCUT2D eigenvalue weighted by Crippen LogP contribution is -1.91. The third kappa shape index (κ3) is 2.09. The van der Waals surface area contributed by atoms with Crippen LogP contribution in [0.5, 0.6) is 0 Å². The molecule has 4 rings (SSSR count). The van der Waals surface area contributed by atoms with Crippen molar-refractivity contribution in [2.75, 3.05) is 0 Å². The van der Waals surface area contributed by atoms with E-state index in [0.29, 0.717) is 39.2 Å². The molecule has 0 unspecified atom stereocenters. The number of halogens is 1. The molecule has 8 nitrogen and oxygen atoms in total. The Hall–Kier alpha value is -2.87. The Morgan fingerprint density at radius 2 is 2.00 bits per heavy atom. The van der Waals surface area contributed by atoms with E-state index in [1.807, 2.05) is 6.07 Å². The summed E-state index contributed by atoms with van der Waals surface area (Å²) in [4.78, 5) is 12.7. The summed E-state index contributed by atoms with van der Waals surface area (Å²) in [6.45, 7) is 1.77. The monoisotopic (exact) mass is 313 g/mol. The standard InChI is InChI=1S/C13H8ClN7O/c1-6-17-10-3-7(2-8(14)12(10)22-6)9-4-11(16-5-15-9)13-18-20-21-19-13/h2-5H,1H3,(H,18,19,20,21). The number of rotatable bonds is 2. The first-order valence-electron chi connectivity index (χ1n) is 6.33. The van der Waals surface area contributed by atoms with Crippen LogP contribution >= 0.6 is 11.6 Å². The lowest BCUT2D eigenvalue weighted by Gasteiger charge is -2.02. The molecule has 0 atom stereocenters. The highest BCUT2D eigenvalue weighted by molar-refractivity contribution is 6.35. The molecule has 0 aliphatic carbocycles. The Labute approximate surface area is 128 Å². The molecule has 108 valence electrons. The van der Waals surface area contributed by atoms with Crippen LogP contribution < -0.4 is 0 Å². The van der Waals surface area contributed by atoms with Gasteiger partial charge in [0, 0.05) is 12.5 Å². The molecule has 9 heteroatoms. The van der Waals surface area contributed by atoms with E-state index in [-0.39, 0.29) is 0 Å². The van der Waals surface area contributed by atoms with Crippen molar-refractivity contribution in [3.8, 4) is 22.8 Å². The first-order valence-corrected chi connectivity index (χ1v) is 6.71. The Balaban J connectivity index is 1.86. The van der Waals surface area contributed by atoms with E-state index in [1.54, 1.807) is 19.1 Å². The van der Waals surface area contributed by atoms with Crippen molar-refractivity contribution in [3.63, 3.8) is 0 Å². The predicted octanol–water partition coefficient (Wildman–Crippen LogP) is 2.43. The fourth-order valence-electron chi connectivity index (χ4n) is 2.16. The van der Waals surface area contributed by atoms with Gasteiger partial charge in [-0.15, -0.1) is 10.2 Å². The van der Waals surface area contributed by atoms with Crippen molar-refractivity contribution in [1.29, 1.82) is 0 Å². The number of nitrogens with zero attached hydrogens (tertiary/aromatic N) is 6. The summed E-state index contributed by atoms with van der Waals surface area (Å²) >= 11 is 6.25. The summed E-state index contributed by atoms with van der Waals surface area (Å²) in [6.07, 6.45) is 1.44. The smallest absolute Gasteiger partial charge is 0.223 e. The maximum atomic E-state index is 6.25. The van der Waals surface area contributed by atoms with Crippen LogP contribution in [0.3, 0.4) is 0 Å². The van der Waals surface area contributed by atoms with E-state index >= 15 is 0 Å². The first kappa shape index (κ1) is 12.8. The van der Waals surface area contributed by atoms with Crippen LogP contribution in [0.1, 0.15) is 5.89 Å². The second-order valence-electron chi connectivity index (χ2n) is 4.56. The number of H-pyrrole nitrogens is 1. The molecule has 0 spiro atoms. The number of hydrogen-bond donors (Lipinski definition) is 1. The van der Waals surface area contributed by atoms with Crippen molar-refractivity contribution in [1.82, 2.24) is 35.6 Å². The number of benzene rings is 1. The topological polar surface area (TPSA) is 106 Å². The van der Waals surface area contributed by atoms with Gasteiger partial charge in [-0.25, -0.2) is 15.0 Å². The lowest BCUT2D eigenvalue weighted by molar-refractivity contribution is 0.561. The molecule has 0 saturated carbocycles. The van der Waals surface area contributed by atoms with Gasteiger partial charge in [0.1, 0.15) is 17.5 Å². The Bertz CT molecular complexity index is 964. The average Bonchev–Trinajstić information content (AvgIpc) is 3.16. The van der Waals surface area contributed by atoms with E-state index in [0.717, 1.165) is 5.56 Å². The Morgan fingerprint density at radius 1 is 1.14 bits per heavy atom. The number of aromatic amines is 1. The SMILES string of the molecule is Cc1nc2cc(-c3cc(-c4nn[nH]n4)ncn3)cc(Cl)c2o1. The quantitative estimate of drug-likeness (QED) is 0.605. The van der Waals surface area contributed by atoms with Gasteiger partial charge in [0.2, 0.25) is 5.82 Å². The average molecular weight is 314 g/mol. The van der Waals surface area contributed by atoms with Crippen LogP contribution in [0, 0.1) is 6.92 Å². The Kier molecular flexibility index (Phi) is 2.83. The number of hydrogen-bond acceptors (Lipinski definition) is 7. The summed E-state index contributed by atoms with van der Waals surface area (Å²) < 4.78 is 5.46. The fourth-order valence-corrected chi connectivity index (χ4v) is 2.41.